The molecule has 2 amide bonds. The Bertz CT molecular complexity index is 1100. The van der Waals surface area contributed by atoms with Crippen molar-refractivity contribution in [1.82, 2.24) is 19.7 Å². The Morgan fingerprint density at radius 1 is 1.17 bits per heavy atom. The lowest BCUT2D eigenvalue weighted by atomic mass is 10.2. The number of nitrogens with one attached hydrogen (secondary N) is 1. The zero-order chi connectivity index (χ0) is 21.8. The third-order valence-electron chi connectivity index (χ3n) is 4.57. The fourth-order valence-corrected chi connectivity index (χ4v) is 2.88. The molecule has 9 nitrogen and oxygen atoms in total. The number of pyridine rings is 1. The summed E-state index contributed by atoms with van der Waals surface area (Å²) in [4.78, 5) is 42.0. The summed E-state index contributed by atoms with van der Waals surface area (Å²) in [5, 5.41) is 7.71. The van der Waals surface area contributed by atoms with Gasteiger partial charge in [-0.25, -0.2) is 9.78 Å². The number of hydrogen-bond donors (Lipinski definition) is 1. The molecular weight excluding hydrogens is 386 g/mol. The van der Waals surface area contributed by atoms with Gasteiger partial charge in [0.2, 0.25) is 5.91 Å². The molecule has 0 bridgehead atoms. The molecule has 156 valence electrons. The number of aromatic nitrogens is 3. The molecule has 9 heteroatoms. The zero-order valence-corrected chi connectivity index (χ0v) is 17.3. The molecule has 1 aromatic carbocycles. The van der Waals surface area contributed by atoms with Gasteiger partial charge in [-0.15, -0.1) is 0 Å². The van der Waals surface area contributed by atoms with Crippen molar-refractivity contribution >= 4 is 34.5 Å². The van der Waals surface area contributed by atoms with Crippen LogP contribution in [0.4, 0.5) is 5.69 Å². The molecule has 2 heterocycles. The summed E-state index contributed by atoms with van der Waals surface area (Å²) in [6.07, 6.45) is 1.38. The number of aryl methyl sites for hydroxylation is 3. The number of nitrogens with zero attached hydrogens (tertiary/aromatic N) is 4. The molecule has 0 unspecified atom stereocenters. The first-order valence-electron chi connectivity index (χ1n) is 9.31. The molecular formula is C21H23N5O4. The second-order valence-corrected chi connectivity index (χ2v) is 7.04. The Hall–Kier alpha value is -3.75. The molecule has 0 fully saturated rings. The number of carbonyl (C=O) groups is 3. The highest BCUT2D eigenvalue weighted by Crippen LogP contribution is 2.17. The zero-order valence-electron chi connectivity index (χ0n) is 17.3. The number of likely N-dealkylation sites (N-methyl/N-ethyl adjacent to an activating group) is 1. The normalized spacial score (nSPS) is 10.7. The fourth-order valence-electron chi connectivity index (χ4n) is 2.88. The maximum atomic E-state index is 12.3. The highest BCUT2D eigenvalue weighted by molar-refractivity contribution is 5.96. The molecule has 0 aliphatic carbocycles. The second-order valence-electron chi connectivity index (χ2n) is 7.04. The van der Waals surface area contributed by atoms with E-state index in [1.54, 1.807) is 29.9 Å². The van der Waals surface area contributed by atoms with Crippen LogP contribution in [0.1, 0.15) is 21.6 Å². The van der Waals surface area contributed by atoms with Crippen LogP contribution in [0, 0.1) is 13.8 Å². The number of esters is 1. The third kappa shape index (κ3) is 4.80. The van der Waals surface area contributed by atoms with Crippen LogP contribution in [0.3, 0.4) is 0 Å². The van der Waals surface area contributed by atoms with Crippen LogP contribution in [0.25, 0.3) is 11.0 Å². The lowest BCUT2D eigenvalue weighted by Gasteiger charge is -2.17. The molecule has 2 aromatic heterocycles. The lowest BCUT2D eigenvalue weighted by Crippen LogP contribution is -2.37. The predicted octanol–water partition coefficient (Wildman–Crippen LogP) is 1.84. The van der Waals surface area contributed by atoms with Crippen molar-refractivity contribution < 1.29 is 19.1 Å². The van der Waals surface area contributed by atoms with Crippen LogP contribution in [0.2, 0.25) is 0 Å². The van der Waals surface area contributed by atoms with E-state index in [0.29, 0.717) is 11.3 Å². The van der Waals surface area contributed by atoms with Gasteiger partial charge < -0.3 is 15.0 Å². The van der Waals surface area contributed by atoms with Crippen molar-refractivity contribution in [3.05, 3.63) is 53.3 Å². The van der Waals surface area contributed by atoms with E-state index >= 15 is 0 Å². The lowest BCUT2D eigenvalue weighted by molar-refractivity contribution is -0.136. The minimum atomic E-state index is -0.668. The van der Waals surface area contributed by atoms with Gasteiger partial charge in [-0.1, -0.05) is 17.7 Å². The standard InChI is InChI=1S/C21H23N5O4/c1-13-5-7-16(8-6-13)23-18(27)11-25(3)19(28)12-30-21(29)15-9-17-14(2)24-26(4)20(17)22-10-15/h5-10H,11-12H2,1-4H3,(H,23,27). The van der Waals surface area contributed by atoms with E-state index < -0.39 is 18.5 Å². The molecule has 0 aliphatic rings. The van der Waals surface area contributed by atoms with E-state index in [2.05, 4.69) is 15.4 Å². The van der Waals surface area contributed by atoms with Crippen molar-refractivity contribution in [3.8, 4) is 0 Å². The van der Waals surface area contributed by atoms with Crippen LogP contribution < -0.4 is 5.32 Å². The average Bonchev–Trinajstić information content (AvgIpc) is 3.00. The molecule has 0 aliphatic heterocycles. The second kappa shape index (κ2) is 8.73. The van der Waals surface area contributed by atoms with Crippen LogP contribution in [-0.2, 0) is 21.4 Å². The first-order chi connectivity index (χ1) is 14.2. The Morgan fingerprint density at radius 3 is 2.57 bits per heavy atom. The van der Waals surface area contributed by atoms with Crippen LogP contribution >= 0.6 is 0 Å². The SMILES string of the molecule is Cc1ccc(NC(=O)CN(C)C(=O)COC(=O)c2cnc3c(c2)c(C)nn3C)cc1. The van der Waals surface area contributed by atoms with Gasteiger partial charge in [-0.05, 0) is 32.0 Å². The first-order valence-corrected chi connectivity index (χ1v) is 9.31. The Balaban J connectivity index is 1.52. The van der Waals surface area contributed by atoms with Gasteiger partial charge >= 0.3 is 5.97 Å². The monoisotopic (exact) mass is 409 g/mol. The maximum absolute atomic E-state index is 12.3. The summed E-state index contributed by atoms with van der Waals surface area (Å²) in [5.41, 5.74) is 3.34. The number of ether oxygens (including phenoxy) is 1. The topological polar surface area (TPSA) is 106 Å². The van der Waals surface area contributed by atoms with E-state index in [-0.39, 0.29) is 18.0 Å². The Morgan fingerprint density at radius 2 is 1.87 bits per heavy atom. The first kappa shape index (κ1) is 21.0. The van der Waals surface area contributed by atoms with Gasteiger partial charge in [-0.2, -0.15) is 5.10 Å². The molecule has 0 saturated carbocycles. The number of anilines is 1. The highest BCUT2D eigenvalue weighted by Gasteiger charge is 2.17. The Labute approximate surface area is 173 Å². The maximum Gasteiger partial charge on any atom is 0.340 e. The molecule has 0 atom stereocenters. The molecule has 0 spiro atoms. The van der Waals surface area contributed by atoms with Crippen LogP contribution in [0.5, 0.6) is 0 Å². The summed E-state index contributed by atoms with van der Waals surface area (Å²) >= 11 is 0. The fraction of sp³-hybridized carbons (Fsp3) is 0.286. The minimum Gasteiger partial charge on any atom is -0.452 e. The number of amides is 2. The van der Waals surface area contributed by atoms with Gasteiger partial charge in [0.25, 0.3) is 5.91 Å². The quantitative estimate of drug-likeness (QED) is 0.623. The summed E-state index contributed by atoms with van der Waals surface area (Å²) in [7, 11) is 3.24. The van der Waals surface area contributed by atoms with Crippen molar-refractivity contribution in [1.29, 1.82) is 0 Å². The van der Waals surface area contributed by atoms with Crippen molar-refractivity contribution in [3.63, 3.8) is 0 Å². The number of benzene rings is 1. The van der Waals surface area contributed by atoms with Crippen LogP contribution in [0.15, 0.2) is 36.5 Å². The van der Waals surface area contributed by atoms with E-state index in [1.807, 2.05) is 26.0 Å². The summed E-state index contributed by atoms with van der Waals surface area (Å²) in [5.74, 6) is -1.50. The van der Waals surface area contributed by atoms with Gasteiger partial charge in [0.15, 0.2) is 12.3 Å². The van der Waals surface area contributed by atoms with Gasteiger partial charge in [0.05, 0.1) is 17.8 Å². The molecule has 1 N–H and O–H groups in total. The predicted molar refractivity (Wildman–Crippen MR) is 111 cm³/mol. The van der Waals surface area contributed by atoms with Crippen LogP contribution in [-0.4, -0.2) is 57.6 Å². The average molecular weight is 409 g/mol. The number of rotatable bonds is 6. The third-order valence-corrected chi connectivity index (χ3v) is 4.57. The summed E-state index contributed by atoms with van der Waals surface area (Å²) < 4.78 is 6.72. The van der Waals surface area contributed by atoms with E-state index in [0.717, 1.165) is 16.6 Å². The van der Waals surface area contributed by atoms with Gasteiger partial charge in [-0.3, -0.25) is 14.3 Å². The van der Waals surface area contributed by atoms with E-state index in [9.17, 15) is 14.4 Å². The van der Waals surface area contributed by atoms with Gasteiger partial charge in [0, 0.05) is 31.4 Å². The molecule has 30 heavy (non-hydrogen) atoms. The van der Waals surface area contributed by atoms with Crippen molar-refractivity contribution in [2.45, 2.75) is 13.8 Å². The molecule has 0 radical (unpaired) electrons. The highest BCUT2D eigenvalue weighted by atomic mass is 16.5. The number of hydrogen-bond acceptors (Lipinski definition) is 6. The van der Waals surface area contributed by atoms with Crippen molar-refractivity contribution in [2.24, 2.45) is 7.05 Å². The van der Waals surface area contributed by atoms with E-state index in [1.165, 1.54) is 18.1 Å². The molecule has 3 aromatic rings. The summed E-state index contributed by atoms with van der Waals surface area (Å²) in [6.45, 7) is 3.13. The number of fused-ring (bicyclic) bond motifs is 1. The largest absolute Gasteiger partial charge is 0.452 e. The Kier molecular flexibility index (Phi) is 6.10. The molecule has 0 saturated heterocycles. The minimum absolute atomic E-state index is 0.160. The van der Waals surface area contributed by atoms with E-state index in [4.69, 9.17) is 4.74 Å². The van der Waals surface area contributed by atoms with Gasteiger partial charge in [0.1, 0.15) is 0 Å². The summed E-state index contributed by atoms with van der Waals surface area (Å²) in [6, 6.07) is 8.96. The van der Waals surface area contributed by atoms with Crippen molar-refractivity contribution in [2.75, 3.05) is 25.5 Å². The molecule has 3 rings (SSSR count). The smallest absolute Gasteiger partial charge is 0.340 e. The number of carbonyl (C=O) groups excluding carboxylic acids is 3.